The van der Waals surface area contributed by atoms with Gasteiger partial charge in [-0.25, -0.2) is 0 Å². The SMILES string of the molecule is COC(=O)CCCCN1C(=O)[C@@]2(O[C@@H](CC(=O)N3CCC[C@H]3CO)[C@H]([Si](C)(C)c3ccc(OC)cc3)[C@H]2C)c2cc(NC(=O)c3ccccc3)ccc21. The monoisotopic (exact) mass is 741 g/mol. The van der Waals surface area contributed by atoms with Gasteiger partial charge in [0.25, 0.3) is 11.8 Å². The van der Waals surface area contributed by atoms with Gasteiger partial charge in [0.2, 0.25) is 5.91 Å². The standard InChI is InChI=1S/C41H51N3O8Si/c1-27-38(53(4,5)32-19-17-31(50-2)18-20-32)35(25-36(46)43-23-11-14-30(43)26-45)52-41(27)33-24-29(42-39(48)28-12-7-6-8-13-28)16-21-34(33)44(40(41)49)22-10-9-15-37(47)51-3/h6-8,12-13,16-21,24,27,30,35,38,45H,9-11,14-15,22-23,25-26H2,1-5H3,(H,42,48)/t27-,30+,35+,38-,41+/m1/s1. The number of nitrogens with zero attached hydrogens (tertiary/aromatic N) is 2. The predicted octanol–water partition coefficient (Wildman–Crippen LogP) is 5.23. The first-order chi connectivity index (χ1) is 25.5. The lowest BCUT2D eigenvalue weighted by molar-refractivity contribution is -0.150. The topological polar surface area (TPSA) is 135 Å². The fourth-order valence-corrected chi connectivity index (χ4v) is 12.9. The van der Waals surface area contributed by atoms with Crippen LogP contribution in [-0.2, 0) is 29.5 Å². The van der Waals surface area contributed by atoms with E-state index in [1.54, 1.807) is 47.2 Å². The van der Waals surface area contributed by atoms with Crippen LogP contribution in [0.2, 0.25) is 18.6 Å². The number of aliphatic hydroxyl groups is 1. The number of carbonyl (C=O) groups is 4. The number of fused-ring (bicyclic) bond motifs is 2. The summed E-state index contributed by atoms with van der Waals surface area (Å²) in [7, 11) is 0.465. The Kier molecular flexibility index (Phi) is 11.4. The second-order valence-corrected chi connectivity index (χ2v) is 19.7. The Morgan fingerprint density at radius 1 is 1.02 bits per heavy atom. The van der Waals surface area contributed by atoms with E-state index in [0.29, 0.717) is 48.4 Å². The van der Waals surface area contributed by atoms with Gasteiger partial charge in [0.15, 0.2) is 5.60 Å². The molecule has 3 amide bonds. The molecule has 11 nitrogen and oxygen atoms in total. The molecule has 2 saturated heterocycles. The fraction of sp³-hybridized carbons (Fsp3) is 0.463. The number of carbonyl (C=O) groups excluding carboxylic acids is 4. The van der Waals surface area contributed by atoms with E-state index in [4.69, 9.17) is 14.2 Å². The van der Waals surface area contributed by atoms with Gasteiger partial charge in [0.05, 0.1) is 53.2 Å². The molecule has 282 valence electrons. The molecule has 5 atom stereocenters. The van der Waals surface area contributed by atoms with Gasteiger partial charge in [-0.2, -0.15) is 0 Å². The minimum atomic E-state index is -2.53. The normalized spacial score (nSPS) is 23.7. The molecule has 53 heavy (non-hydrogen) atoms. The number of ether oxygens (including phenoxy) is 3. The second-order valence-electron chi connectivity index (χ2n) is 15.0. The maximum atomic E-state index is 15.1. The number of hydrogen-bond donors (Lipinski definition) is 2. The summed E-state index contributed by atoms with van der Waals surface area (Å²) >= 11 is 0. The molecule has 3 aromatic rings. The fourth-order valence-electron chi connectivity index (χ4n) is 8.89. The van der Waals surface area contributed by atoms with Crippen molar-refractivity contribution < 1.29 is 38.5 Å². The minimum Gasteiger partial charge on any atom is -0.497 e. The van der Waals surface area contributed by atoms with Crippen LogP contribution in [0.1, 0.15) is 61.4 Å². The van der Waals surface area contributed by atoms with Crippen molar-refractivity contribution in [2.24, 2.45) is 5.92 Å². The van der Waals surface area contributed by atoms with Gasteiger partial charge >= 0.3 is 5.97 Å². The first-order valence-corrected chi connectivity index (χ1v) is 21.7. The lowest BCUT2D eigenvalue weighted by atomic mass is 9.82. The number of likely N-dealkylation sites (tertiary alicyclic amines) is 1. The zero-order valence-electron chi connectivity index (χ0n) is 31.3. The first-order valence-electron chi connectivity index (χ1n) is 18.6. The van der Waals surface area contributed by atoms with E-state index in [1.807, 2.05) is 30.3 Å². The lowest BCUT2D eigenvalue weighted by Gasteiger charge is -2.37. The van der Waals surface area contributed by atoms with Crippen molar-refractivity contribution in [2.45, 2.75) is 81.8 Å². The van der Waals surface area contributed by atoms with Crippen LogP contribution < -0.4 is 20.1 Å². The van der Waals surface area contributed by atoms with Crippen LogP contribution in [0.25, 0.3) is 0 Å². The van der Waals surface area contributed by atoms with Crippen molar-refractivity contribution in [1.82, 2.24) is 4.90 Å². The molecule has 3 heterocycles. The van der Waals surface area contributed by atoms with E-state index >= 15 is 4.79 Å². The van der Waals surface area contributed by atoms with Crippen LogP contribution in [-0.4, -0.2) is 87.8 Å². The van der Waals surface area contributed by atoms with E-state index in [-0.39, 0.29) is 60.6 Å². The Hall–Kier alpha value is -4.52. The molecule has 1 spiro atoms. The van der Waals surface area contributed by atoms with Crippen LogP contribution in [0.4, 0.5) is 11.4 Å². The largest absolute Gasteiger partial charge is 0.497 e. The molecule has 3 aliphatic heterocycles. The van der Waals surface area contributed by atoms with Crippen molar-refractivity contribution in [2.75, 3.05) is 44.1 Å². The van der Waals surface area contributed by atoms with Crippen molar-refractivity contribution in [3.8, 4) is 5.75 Å². The van der Waals surface area contributed by atoms with Gasteiger partial charge < -0.3 is 34.4 Å². The Morgan fingerprint density at radius 2 is 1.75 bits per heavy atom. The zero-order chi connectivity index (χ0) is 37.9. The summed E-state index contributed by atoms with van der Waals surface area (Å²) in [6, 6.07) is 22.3. The number of unbranched alkanes of at least 4 members (excludes halogenated alkanes) is 1. The molecule has 2 fully saturated rings. The summed E-state index contributed by atoms with van der Waals surface area (Å²) in [5.41, 5.74) is 0.770. The number of anilines is 2. The highest BCUT2D eigenvalue weighted by Gasteiger charge is 2.66. The van der Waals surface area contributed by atoms with Gasteiger partial charge in [-0.15, -0.1) is 0 Å². The summed E-state index contributed by atoms with van der Waals surface area (Å²) in [6.45, 7) is 7.44. The minimum absolute atomic E-state index is 0.0754. The Balaban J connectivity index is 1.42. The van der Waals surface area contributed by atoms with Gasteiger partial charge in [0, 0.05) is 42.2 Å². The van der Waals surface area contributed by atoms with Crippen LogP contribution in [0.3, 0.4) is 0 Å². The van der Waals surface area contributed by atoms with E-state index in [1.165, 1.54) is 7.11 Å². The summed E-state index contributed by atoms with van der Waals surface area (Å²) in [6.07, 6.45) is 2.40. The summed E-state index contributed by atoms with van der Waals surface area (Å²) < 4.78 is 17.5. The van der Waals surface area contributed by atoms with Crippen molar-refractivity contribution in [3.63, 3.8) is 0 Å². The van der Waals surface area contributed by atoms with Crippen molar-refractivity contribution >= 4 is 48.3 Å². The van der Waals surface area contributed by atoms with E-state index in [0.717, 1.165) is 23.8 Å². The van der Waals surface area contributed by atoms with Crippen molar-refractivity contribution in [1.29, 1.82) is 0 Å². The molecular formula is C41H51N3O8Si. The maximum absolute atomic E-state index is 15.1. The molecule has 0 radical (unpaired) electrons. The molecule has 3 aliphatic rings. The Morgan fingerprint density at radius 3 is 2.43 bits per heavy atom. The number of esters is 1. The Bertz CT molecular complexity index is 1820. The van der Waals surface area contributed by atoms with E-state index in [2.05, 4.69) is 37.5 Å². The third kappa shape index (κ3) is 7.24. The molecule has 2 N–H and O–H groups in total. The smallest absolute Gasteiger partial charge is 0.305 e. The summed E-state index contributed by atoms with van der Waals surface area (Å²) in [4.78, 5) is 57.9. The quantitative estimate of drug-likeness (QED) is 0.138. The molecule has 12 heteroatoms. The van der Waals surface area contributed by atoms with E-state index in [9.17, 15) is 19.5 Å². The number of nitrogens with one attached hydrogen (secondary N) is 1. The molecule has 0 unspecified atom stereocenters. The highest BCUT2D eigenvalue weighted by atomic mass is 28.3. The van der Waals surface area contributed by atoms with E-state index < -0.39 is 19.8 Å². The maximum Gasteiger partial charge on any atom is 0.305 e. The van der Waals surface area contributed by atoms with Gasteiger partial charge in [-0.1, -0.05) is 55.5 Å². The van der Waals surface area contributed by atoms with Crippen LogP contribution in [0, 0.1) is 5.92 Å². The highest BCUT2D eigenvalue weighted by Crippen LogP contribution is 2.60. The van der Waals surface area contributed by atoms with Crippen LogP contribution in [0.5, 0.6) is 5.75 Å². The van der Waals surface area contributed by atoms with Crippen LogP contribution >= 0.6 is 0 Å². The number of aliphatic hydroxyl groups excluding tert-OH is 1. The second kappa shape index (κ2) is 15.8. The van der Waals surface area contributed by atoms with Gasteiger partial charge in [0.1, 0.15) is 5.75 Å². The number of hydrogen-bond acceptors (Lipinski definition) is 8. The summed E-state index contributed by atoms with van der Waals surface area (Å²) in [5, 5.41) is 14.2. The molecule has 0 bridgehead atoms. The van der Waals surface area contributed by atoms with Crippen LogP contribution in [0.15, 0.2) is 72.8 Å². The predicted molar refractivity (Wildman–Crippen MR) is 205 cm³/mol. The summed E-state index contributed by atoms with van der Waals surface area (Å²) in [5.74, 6) is -0.490. The number of methoxy groups -OCH3 is 2. The number of benzene rings is 3. The average Bonchev–Trinajstić information content (AvgIpc) is 3.83. The lowest BCUT2D eigenvalue weighted by Crippen LogP contribution is -2.52. The third-order valence-corrected chi connectivity index (χ3v) is 16.0. The third-order valence-electron chi connectivity index (χ3n) is 11.7. The molecule has 0 saturated carbocycles. The molecule has 3 aromatic carbocycles. The number of amides is 3. The van der Waals surface area contributed by atoms with Gasteiger partial charge in [-0.3, -0.25) is 19.2 Å². The zero-order valence-corrected chi connectivity index (χ0v) is 32.3. The average molecular weight is 742 g/mol. The molecule has 0 aliphatic carbocycles. The molecular weight excluding hydrogens is 691 g/mol. The Labute approximate surface area is 312 Å². The molecule has 6 rings (SSSR count). The van der Waals surface area contributed by atoms with Gasteiger partial charge in [-0.05, 0) is 73.7 Å². The van der Waals surface area contributed by atoms with Crippen molar-refractivity contribution in [3.05, 3.63) is 83.9 Å². The molecule has 0 aromatic heterocycles. The first kappa shape index (κ1) is 38.2. The number of rotatable bonds is 13. The highest BCUT2D eigenvalue weighted by molar-refractivity contribution is 6.91.